The fraction of sp³-hybridized carbons (Fsp3) is 0.0816. The molecule has 2 heterocycles. The zero-order chi connectivity index (χ0) is 44.8. The van der Waals surface area contributed by atoms with Crippen LogP contribution >= 0.6 is 67.8 Å². The maximum Gasteiger partial charge on any atom is 0.188 e. The molecule has 0 bridgehead atoms. The molecule has 0 saturated carbocycles. The number of nitrogens with zero attached hydrogens (tertiary/aromatic N) is 8. The highest BCUT2D eigenvalue weighted by atomic mass is 127. The zero-order valence-electron chi connectivity index (χ0n) is 34.7. The van der Waals surface area contributed by atoms with Crippen molar-refractivity contribution in [2.45, 2.75) is 6.42 Å². The first kappa shape index (κ1) is 45.9. The summed E-state index contributed by atoms with van der Waals surface area (Å²) < 4.78 is 22.7. The molecular weight excluding hydrogens is 1150 g/mol. The van der Waals surface area contributed by atoms with Gasteiger partial charge in [-0.1, -0.05) is 114 Å². The highest BCUT2D eigenvalue weighted by molar-refractivity contribution is 14.1. The molecule has 15 heteroatoms. The summed E-state index contributed by atoms with van der Waals surface area (Å²) in [5.74, 6) is 3.71. The first-order chi connectivity index (χ1) is 31.3. The monoisotopic (exact) mass is 1180 g/mol. The number of hydrogen-bond donors (Lipinski definition) is 0. The number of aliphatic imine (C=N–C) groups is 1. The lowest BCUT2D eigenvalue weighted by molar-refractivity contribution is 0.0991. The minimum atomic E-state index is 0.115. The van der Waals surface area contributed by atoms with Crippen molar-refractivity contribution in [3.05, 3.63) is 197 Å². The van der Waals surface area contributed by atoms with Crippen LogP contribution < -0.4 is 14.2 Å². The Kier molecular flexibility index (Phi) is 16.2. The smallest absolute Gasteiger partial charge is 0.188 e. The van der Waals surface area contributed by atoms with Gasteiger partial charge in [-0.3, -0.25) is 4.79 Å². The fourth-order valence-corrected chi connectivity index (χ4v) is 8.44. The molecule has 0 saturated heterocycles. The van der Waals surface area contributed by atoms with Crippen LogP contribution in [0, 0.1) is 10.7 Å². The van der Waals surface area contributed by atoms with E-state index >= 15 is 0 Å². The molecule has 0 amide bonds. The first-order valence-corrected chi connectivity index (χ1v) is 22.9. The number of hydrogen-bond acceptors (Lipinski definition) is 10. The molecule has 7 aromatic carbocycles. The molecule has 0 spiro atoms. The number of methoxy groups -OCH3 is 3. The molecule has 0 unspecified atom stereocenters. The molecule has 0 aliphatic heterocycles. The highest BCUT2D eigenvalue weighted by Gasteiger charge is 2.18. The number of fused-ring (bicyclic) bond motifs is 1. The van der Waals surface area contributed by atoms with E-state index in [1.807, 2.05) is 170 Å². The Labute approximate surface area is 411 Å². The predicted molar refractivity (Wildman–Crippen MR) is 275 cm³/mol. The van der Waals surface area contributed by atoms with E-state index in [1.54, 1.807) is 30.7 Å². The average molecular weight is 1180 g/mol. The van der Waals surface area contributed by atoms with Gasteiger partial charge in [0.1, 0.15) is 34.1 Å². The molecule has 12 nitrogen and oxygen atoms in total. The maximum absolute atomic E-state index is 12.2. The van der Waals surface area contributed by atoms with E-state index in [4.69, 9.17) is 19.2 Å². The number of carbonyl (C=O) groups is 1. The number of Topliss-reactive ketones (excluding diaryl/α,β-unsaturated/α-hetero) is 1. The summed E-state index contributed by atoms with van der Waals surface area (Å²) in [7, 11) is 4.90. The minimum Gasteiger partial charge on any atom is -0.496 e. The van der Waals surface area contributed by atoms with Crippen LogP contribution in [0.25, 0.3) is 28.1 Å². The van der Waals surface area contributed by atoms with E-state index < -0.39 is 0 Å². The fourth-order valence-electron chi connectivity index (χ4n) is 6.50. The van der Waals surface area contributed by atoms with E-state index in [1.165, 1.54) is 0 Å². The van der Waals surface area contributed by atoms with Crippen molar-refractivity contribution in [2.24, 2.45) is 4.99 Å². The molecule has 64 heavy (non-hydrogen) atoms. The number of ketones is 1. The second-order valence-electron chi connectivity index (χ2n) is 13.5. The third kappa shape index (κ3) is 11.0. The van der Waals surface area contributed by atoms with Crippen LogP contribution in [-0.2, 0) is 6.42 Å². The summed E-state index contributed by atoms with van der Waals surface area (Å²) in [6.45, 7) is 0. The van der Waals surface area contributed by atoms with Crippen molar-refractivity contribution in [2.75, 3.05) is 21.3 Å². The summed E-state index contributed by atoms with van der Waals surface area (Å²) in [6, 6.07) is 54.5. The van der Waals surface area contributed by atoms with E-state index in [9.17, 15) is 4.79 Å². The van der Waals surface area contributed by atoms with Crippen molar-refractivity contribution < 1.29 is 19.0 Å². The molecule has 9 rings (SSSR count). The molecular formula is C49H39I3N8O4. The number of ether oxygens (including phenoxy) is 3. The van der Waals surface area contributed by atoms with Crippen LogP contribution in [0.4, 0.5) is 5.69 Å². The molecule has 320 valence electrons. The molecule has 2 aromatic heterocycles. The Morgan fingerprint density at radius 1 is 0.562 bits per heavy atom. The number of para-hydroxylation sites is 6. The van der Waals surface area contributed by atoms with Gasteiger partial charge >= 0.3 is 0 Å². The number of halogens is 3. The lowest BCUT2D eigenvalue weighted by Crippen LogP contribution is -2.16. The average Bonchev–Trinajstić information content (AvgIpc) is 4.00. The maximum atomic E-state index is 12.2. The Morgan fingerprint density at radius 2 is 1.12 bits per heavy atom. The Balaban J connectivity index is 0.000000147. The number of aromatic nitrogens is 7. The van der Waals surface area contributed by atoms with Crippen molar-refractivity contribution in [3.63, 3.8) is 0 Å². The van der Waals surface area contributed by atoms with Crippen LogP contribution in [0.1, 0.15) is 21.5 Å². The zero-order valence-corrected chi connectivity index (χ0v) is 41.2. The van der Waals surface area contributed by atoms with Gasteiger partial charge in [0.05, 0.1) is 26.8 Å². The second kappa shape index (κ2) is 22.5. The molecule has 0 aliphatic carbocycles. The van der Waals surface area contributed by atoms with Gasteiger partial charge in [-0.25, -0.2) is 4.99 Å². The van der Waals surface area contributed by atoms with Gasteiger partial charge < -0.3 is 14.2 Å². The van der Waals surface area contributed by atoms with Gasteiger partial charge in [-0.05, 0) is 139 Å². The van der Waals surface area contributed by atoms with E-state index in [0.717, 1.165) is 66.9 Å². The number of rotatable bonds is 10. The summed E-state index contributed by atoms with van der Waals surface area (Å²) in [6.07, 6.45) is 0.365. The van der Waals surface area contributed by atoms with E-state index in [2.05, 4.69) is 93.6 Å². The van der Waals surface area contributed by atoms with Crippen molar-refractivity contribution in [1.82, 2.24) is 35.2 Å². The second-order valence-corrected chi connectivity index (χ2v) is 17.0. The van der Waals surface area contributed by atoms with Crippen LogP contribution in [0.3, 0.4) is 0 Å². The summed E-state index contributed by atoms with van der Waals surface area (Å²) >= 11 is 6.77. The van der Waals surface area contributed by atoms with Crippen LogP contribution in [-0.4, -0.2) is 68.1 Å². The van der Waals surface area contributed by atoms with Gasteiger partial charge in [0.25, 0.3) is 0 Å². The summed E-state index contributed by atoms with van der Waals surface area (Å²) in [4.78, 5) is 17.1. The van der Waals surface area contributed by atoms with Crippen molar-refractivity contribution >= 4 is 96.1 Å². The van der Waals surface area contributed by atoms with E-state index in [0.29, 0.717) is 23.8 Å². The summed E-state index contributed by atoms with van der Waals surface area (Å²) in [5.41, 5.74) is 6.94. The number of benzene rings is 7. The lowest BCUT2D eigenvalue weighted by atomic mass is 10.0. The van der Waals surface area contributed by atoms with E-state index in [-0.39, 0.29) is 5.78 Å². The largest absolute Gasteiger partial charge is 0.496 e. The first-order valence-electron chi connectivity index (χ1n) is 19.6. The highest BCUT2D eigenvalue weighted by Crippen LogP contribution is 2.30. The van der Waals surface area contributed by atoms with Gasteiger partial charge in [0.2, 0.25) is 0 Å². The SMILES string of the molecule is COc1ccccc1-n1nnnc1-c1ccccc1I.COc1ccccc1CC(=O)c1ccccc1I.COc1ccccc1N=C(c1ccccc1I)n1nnc2ccccc21. The Hall–Kier alpha value is -6.06. The van der Waals surface area contributed by atoms with Gasteiger partial charge in [-0.2, -0.15) is 9.36 Å². The number of carbonyl (C=O) groups excluding carboxylic acids is 1. The minimum absolute atomic E-state index is 0.115. The predicted octanol–water partition coefficient (Wildman–Crippen LogP) is 11.3. The van der Waals surface area contributed by atoms with Gasteiger partial charge in [0.15, 0.2) is 17.4 Å². The topological polar surface area (TPSA) is 131 Å². The third-order valence-corrected chi connectivity index (χ3v) is 12.4. The van der Waals surface area contributed by atoms with Gasteiger partial charge in [0, 0.05) is 39.4 Å². The summed E-state index contributed by atoms with van der Waals surface area (Å²) in [5, 5.41) is 20.7. The Morgan fingerprint density at radius 3 is 1.83 bits per heavy atom. The molecule has 9 aromatic rings. The molecule has 0 aliphatic rings. The van der Waals surface area contributed by atoms with Gasteiger partial charge in [-0.15, -0.1) is 10.2 Å². The standard InChI is InChI=1S/C20H15IN4O.C15H13IO2.C14H11IN4O/c1-26-19-13-7-5-11-17(19)22-20(14-8-2-3-9-15(14)21)25-18-12-6-4-10-16(18)23-24-25;1-18-15-9-5-2-6-11(15)10-14(17)12-7-3-4-8-13(12)16;1-20-13-9-5-4-8-12(13)19-14(16-17-18-19)10-6-2-3-7-11(10)15/h2-13H,1H3;2-9H,10H2,1H3;2-9H,1H3. The lowest BCUT2D eigenvalue weighted by Gasteiger charge is -2.11. The van der Waals surface area contributed by atoms with Crippen molar-refractivity contribution in [3.8, 4) is 34.3 Å². The molecule has 0 N–H and O–H groups in total. The van der Waals surface area contributed by atoms with Crippen LogP contribution in [0.5, 0.6) is 17.2 Å². The van der Waals surface area contributed by atoms with Crippen molar-refractivity contribution in [1.29, 1.82) is 0 Å². The van der Waals surface area contributed by atoms with Crippen LogP contribution in [0.15, 0.2) is 175 Å². The normalized spacial score (nSPS) is 10.9. The Bertz CT molecular complexity index is 3040. The molecule has 0 fully saturated rings. The quantitative estimate of drug-likeness (QED) is 0.0568. The third-order valence-electron chi connectivity index (χ3n) is 9.59. The van der Waals surface area contributed by atoms with Crippen LogP contribution in [0.2, 0.25) is 0 Å². The molecule has 0 radical (unpaired) electrons. The number of tetrazole rings is 1. The molecule has 0 atom stereocenters.